The van der Waals surface area contributed by atoms with Crippen LogP contribution in [0, 0.1) is 5.41 Å². The Morgan fingerprint density at radius 2 is 2.07 bits per heavy atom. The molecule has 1 aromatic heterocycles. The zero-order valence-electron chi connectivity index (χ0n) is 17.8. The predicted octanol–water partition coefficient (Wildman–Crippen LogP) is 3.45. The summed E-state index contributed by atoms with van der Waals surface area (Å²) >= 11 is 0. The predicted molar refractivity (Wildman–Crippen MR) is 120 cm³/mol. The third kappa shape index (κ3) is 4.25. The van der Waals surface area contributed by atoms with E-state index in [0.29, 0.717) is 16.9 Å². The first-order valence-corrected chi connectivity index (χ1v) is 10.6. The lowest BCUT2D eigenvalue weighted by Crippen LogP contribution is -2.45. The highest BCUT2D eigenvalue weighted by molar-refractivity contribution is 6.13. The van der Waals surface area contributed by atoms with Crippen molar-refractivity contribution in [1.29, 1.82) is 5.41 Å². The average Bonchev–Trinajstić information content (AvgIpc) is 3.47. The van der Waals surface area contributed by atoms with Crippen LogP contribution >= 0.6 is 0 Å². The van der Waals surface area contributed by atoms with Gasteiger partial charge < -0.3 is 20.3 Å². The van der Waals surface area contributed by atoms with Gasteiger partial charge in [0.05, 0.1) is 18.0 Å². The minimum absolute atomic E-state index is 0.0834. The molecule has 0 unspecified atom stereocenters. The molecule has 30 heavy (non-hydrogen) atoms. The number of aromatic nitrogens is 2. The molecule has 7 nitrogen and oxygen atoms in total. The summed E-state index contributed by atoms with van der Waals surface area (Å²) in [6.07, 6.45) is 4.73. The maximum absolute atomic E-state index is 8.72. The van der Waals surface area contributed by atoms with Crippen LogP contribution in [-0.4, -0.2) is 52.4 Å². The lowest BCUT2D eigenvalue weighted by molar-refractivity contribution is 0.200. The van der Waals surface area contributed by atoms with E-state index in [4.69, 9.17) is 15.9 Å². The molecular formula is C23H30N6O. The number of nitrogens with two attached hydrogens (primary N) is 1. The van der Waals surface area contributed by atoms with Gasteiger partial charge in [0.15, 0.2) is 0 Å². The van der Waals surface area contributed by atoms with Gasteiger partial charge in [0.1, 0.15) is 23.5 Å². The number of nitrogen functional groups attached to an aromatic ring is 1. The number of nitrogens with one attached hydrogen (secondary N) is 1. The van der Waals surface area contributed by atoms with Crippen molar-refractivity contribution in [1.82, 2.24) is 14.9 Å². The zero-order valence-corrected chi connectivity index (χ0v) is 17.8. The number of nitrogens with zero attached hydrogens (tertiary/aromatic N) is 4. The Morgan fingerprint density at radius 3 is 2.77 bits per heavy atom. The molecule has 1 saturated heterocycles. The highest BCUT2D eigenvalue weighted by Gasteiger charge is 2.40. The van der Waals surface area contributed by atoms with Crippen molar-refractivity contribution in [2.24, 2.45) is 0 Å². The quantitative estimate of drug-likeness (QED) is 0.541. The third-order valence-electron chi connectivity index (χ3n) is 5.80. The third-order valence-corrected chi connectivity index (χ3v) is 5.80. The van der Waals surface area contributed by atoms with E-state index in [2.05, 4.69) is 40.2 Å². The molecule has 0 amide bonds. The fourth-order valence-corrected chi connectivity index (χ4v) is 3.71. The summed E-state index contributed by atoms with van der Waals surface area (Å²) in [5.41, 5.74) is 9.17. The minimum Gasteiger partial charge on any atom is -0.488 e. The van der Waals surface area contributed by atoms with Gasteiger partial charge in [-0.2, -0.15) is 0 Å². The van der Waals surface area contributed by atoms with E-state index in [0.717, 1.165) is 62.7 Å². The van der Waals surface area contributed by atoms with Crippen molar-refractivity contribution in [3.63, 3.8) is 0 Å². The molecule has 0 spiro atoms. The molecule has 158 valence electrons. The van der Waals surface area contributed by atoms with Gasteiger partial charge >= 0.3 is 0 Å². The first-order chi connectivity index (χ1) is 14.4. The SMILES string of the molecule is C=C1CN(c2cc(C(=N)c3cc(OC4(C)CC4)ccc3N)ncn2)CCN1CCC. The molecule has 1 saturated carbocycles. The summed E-state index contributed by atoms with van der Waals surface area (Å²) in [4.78, 5) is 13.3. The van der Waals surface area contributed by atoms with Gasteiger partial charge in [0, 0.05) is 42.6 Å². The normalized spacial score (nSPS) is 17.7. The molecule has 0 radical (unpaired) electrons. The van der Waals surface area contributed by atoms with Gasteiger partial charge in [0.25, 0.3) is 0 Å². The van der Waals surface area contributed by atoms with Crippen LogP contribution in [0.3, 0.4) is 0 Å². The molecule has 0 atom stereocenters. The van der Waals surface area contributed by atoms with Crippen molar-refractivity contribution < 1.29 is 4.74 Å². The second-order valence-electron chi connectivity index (χ2n) is 8.41. The monoisotopic (exact) mass is 406 g/mol. The van der Waals surface area contributed by atoms with E-state index in [1.54, 1.807) is 6.07 Å². The highest BCUT2D eigenvalue weighted by atomic mass is 16.5. The van der Waals surface area contributed by atoms with E-state index >= 15 is 0 Å². The number of ether oxygens (including phenoxy) is 1. The highest BCUT2D eigenvalue weighted by Crippen LogP contribution is 2.40. The summed E-state index contributed by atoms with van der Waals surface area (Å²) < 4.78 is 6.05. The Balaban J connectivity index is 1.53. The summed E-state index contributed by atoms with van der Waals surface area (Å²) in [6.45, 7) is 12.0. The summed E-state index contributed by atoms with van der Waals surface area (Å²) in [5, 5.41) is 8.72. The minimum atomic E-state index is -0.0834. The number of anilines is 2. The molecule has 2 aliphatic rings. The maximum Gasteiger partial charge on any atom is 0.133 e. The molecule has 2 fully saturated rings. The Labute approximate surface area is 178 Å². The second kappa shape index (κ2) is 7.97. The number of hydrogen-bond donors (Lipinski definition) is 2. The molecule has 1 aliphatic heterocycles. The fraction of sp³-hybridized carbons (Fsp3) is 0.435. The topological polar surface area (TPSA) is 91.4 Å². The Morgan fingerprint density at radius 1 is 1.27 bits per heavy atom. The Hall–Kier alpha value is -3.09. The molecular weight excluding hydrogens is 376 g/mol. The summed E-state index contributed by atoms with van der Waals surface area (Å²) in [6, 6.07) is 7.36. The smallest absolute Gasteiger partial charge is 0.133 e. The standard InChI is InChI=1S/C23H30N6O/c1-4-9-28-10-11-29(14-16(28)2)21-13-20(26-15-27-21)22(25)18-12-17(5-6-19(18)24)30-23(3)7-8-23/h5-6,12-13,15,25H,2,4,7-11,14,24H2,1,3H3. The number of rotatable bonds is 7. The first kappa shape index (κ1) is 20.2. The molecule has 3 N–H and O–H groups in total. The van der Waals surface area contributed by atoms with Gasteiger partial charge in [0.2, 0.25) is 0 Å². The maximum atomic E-state index is 8.72. The van der Waals surface area contributed by atoms with Crippen LogP contribution in [0.5, 0.6) is 5.75 Å². The van der Waals surface area contributed by atoms with E-state index in [-0.39, 0.29) is 11.3 Å². The van der Waals surface area contributed by atoms with Crippen LogP contribution < -0.4 is 15.4 Å². The van der Waals surface area contributed by atoms with Crippen LogP contribution in [0.25, 0.3) is 0 Å². The van der Waals surface area contributed by atoms with Gasteiger partial charge in [-0.3, -0.25) is 5.41 Å². The zero-order chi connectivity index (χ0) is 21.3. The van der Waals surface area contributed by atoms with Gasteiger partial charge in [-0.15, -0.1) is 0 Å². The summed E-state index contributed by atoms with van der Waals surface area (Å²) in [7, 11) is 0. The first-order valence-electron chi connectivity index (χ1n) is 10.6. The molecule has 1 aliphatic carbocycles. The van der Waals surface area contributed by atoms with Crippen molar-refractivity contribution in [2.45, 2.75) is 38.7 Å². The largest absolute Gasteiger partial charge is 0.488 e. The fourth-order valence-electron chi connectivity index (χ4n) is 3.71. The van der Waals surface area contributed by atoms with Crippen molar-refractivity contribution in [3.05, 3.63) is 54.1 Å². The Kier molecular flexibility index (Phi) is 5.37. The molecule has 1 aromatic carbocycles. The van der Waals surface area contributed by atoms with E-state index < -0.39 is 0 Å². The van der Waals surface area contributed by atoms with Crippen LogP contribution in [0.2, 0.25) is 0 Å². The van der Waals surface area contributed by atoms with E-state index in [1.165, 1.54) is 6.33 Å². The van der Waals surface area contributed by atoms with Crippen LogP contribution in [0.4, 0.5) is 11.5 Å². The van der Waals surface area contributed by atoms with Crippen molar-refractivity contribution in [2.75, 3.05) is 36.8 Å². The Bertz CT molecular complexity index is 968. The molecule has 7 heteroatoms. The molecule has 0 bridgehead atoms. The van der Waals surface area contributed by atoms with Crippen molar-refractivity contribution >= 4 is 17.2 Å². The van der Waals surface area contributed by atoms with E-state index in [9.17, 15) is 0 Å². The molecule has 2 aromatic rings. The van der Waals surface area contributed by atoms with Gasteiger partial charge in [-0.05, 0) is 44.4 Å². The number of benzene rings is 1. The van der Waals surface area contributed by atoms with Gasteiger partial charge in [-0.1, -0.05) is 13.5 Å². The lowest BCUT2D eigenvalue weighted by atomic mass is 10.0. The van der Waals surface area contributed by atoms with Crippen molar-refractivity contribution in [3.8, 4) is 5.75 Å². The number of hydrogen-bond acceptors (Lipinski definition) is 7. The lowest BCUT2D eigenvalue weighted by Gasteiger charge is -2.38. The van der Waals surface area contributed by atoms with Crippen LogP contribution in [0.15, 0.2) is 42.9 Å². The molecule has 4 rings (SSSR count). The molecule has 2 heterocycles. The van der Waals surface area contributed by atoms with E-state index in [1.807, 2.05) is 18.2 Å². The average molecular weight is 407 g/mol. The van der Waals surface area contributed by atoms with Crippen LogP contribution in [-0.2, 0) is 0 Å². The second-order valence-corrected chi connectivity index (χ2v) is 8.41. The van der Waals surface area contributed by atoms with Crippen LogP contribution in [0.1, 0.15) is 44.4 Å². The number of piperazine rings is 1. The van der Waals surface area contributed by atoms with Gasteiger partial charge in [-0.25, -0.2) is 9.97 Å². The summed E-state index contributed by atoms with van der Waals surface area (Å²) in [5.74, 6) is 1.54.